The maximum Gasteiger partial charge on any atom is 0.473 e. The molecule has 1 aliphatic carbocycles. The molecule has 0 radical (unpaired) electrons. The lowest BCUT2D eigenvalue weighted by molar-refractivity contribution is -0.252. The Bertz CT molecular complexity index is 1130. The number of phosphoric acid groups is 3. The van der Waals surface area contributed by atoms with Crippen LogP contribution in [-0.2, 0) is 69.4 Å². The van der Waals surface area contributed by atoms with E-state index in [1.165, 1.54) is 0 Å². The number of hydrogen-bond acceptors (Lipinski definition) is 15. The van der Waals surface area contributed by atoms with Crippen molar-refractivity contribution in [2.45, 2.75) is 78.2 Å². The number of hydrogen-bond donors (Lipinski definition) is 6. The van der Waals surface area contributed by atoms with Crippen molar-refractivity contribution >= 4 is 41.4 Å². The third-order valence-corrected chi connectivity index (χ3v) is 8.52. The minimum absolute atomic E-state index is 0.0719. The van der Waals surface area contributed by atoms with Gasteiger partial charge in [0.1, 0.15) is 36.6 Å². The third-order valence-electron chi connectivity index (χ3n) is 5.63. The van der Waals surface area contributed by atoms with Crippen LogP contribution >= 0.6 is 23.5 Å². The van der Waals surface area contributed by atoms with E-state index in [-0.39, 0.29) is 37.6 Å². The van der Waals surface area contributed by atoms with Gasteiger partial charge >= 0.3 is 41.4 Å². The lowest BCUT2D eigenvalue weighted by Crippen LogP contribution is -2.67. The molecule has 0 heterocycles. The molecule has 0 aliphatic heterocycles. The van der Waals surface area contributed by atoms with Gasteiger partial charge in [-0.3, -0.25) is 27.1 Å². The van der Waals surface area contributed by atoms with Crippen LogP contribution in [0.3, 0.4) is 0 Å². The molecule has 0 aromatic carbocycles. The zero-order valence-electron chi connectivity index (χ0n) is 27.1. The normalized spacial score (nSPS) is 27.0. The summed E-state index contributed by atoms with van der Waals surface area (Å²) in [5.74, 6) is -5.79. The van der Waals surface area contributed by atoms with Gasteiger partial charge in [-0.15, -0.1) is 0 Å². The lowest BCUT2D eigenvalue weighted by atomic mass is 9.84. The van der Waals surface area contributed by atoms with Crippen molar-refractivity contribution in [3.8, 4) is 0 Å². The smallest absolute Gasteiger partial charge is 0.473 e. The number of carbonyl (C=O) groups is 3. The summed E-state index contributed by atoms with van der Waals surface area (Å²) in [5.41, 5.74) is 0. The van der Waals surface area contributed by atoms with E-state index >= 15 is 0 Å². The first kappa shape index (κ1) is 44.6. The summed E-state index contributed by atoms with van der Waals surface area (Å²) in [6, 6.07) is 0. The molecular formula is C24H45O21P3. The maximum atomic E-state index is 13.0. The van der Waals surface area contributed by atoms with Crippen LogP contribution in [0.15, 0.2) is 0 Å². The number of aliphatic carboxylic acids is 3. The molecule has 1 saturated carbocycles. The fraction of sp³-hybridized carbons (Fsp3) is 0.875. The van der Waals surface area contributed by atoms with Gasteiger partial charge < -0.3 is 44.2 Å². The second kappa shape index (κ2) is 19.9. The molecule has 24 heteroatoms. The van der Waals surface area contributed by atoms with E-state index in [1.54, 1.807) is 41.5 Å². The summed E-state index contributed by atoms with van der Waals surface area (Å²) >= 11 is 0. The molecule has 0 aromatic rings. The summed E-state index contributed by atoms with van der Waals surface area (Å²) in [6.45, 7) is 5.85. The van der Waals surface area contributed by atoms with Gasteiger partial charge in [-0.2, -0.15) is 0 Å². The Morgan fingerprint density at radius 3 is 0.896 bits per heavy atom. The Kier molecular flexibility index (Phi) is 18.5. The zero-order chi connectivity index (χ0) is 37.0. The summed E-state index contributed by atoms with van der Waals surface area (Å²) < 4.78 is 86.3. The highest BCUT2D eigenvalue weighted by Crippen LogP contribution is 2.55. The van der Waals surface area contributed by atoms with Crippen molar-refractivity contribution in [1.82, 2.24) is 0 Å². The Balaban J connectivity index is 4.05. The van der Waals surface area contributed by atoms with E-state index in [2.05, 4.69) is 13.6 Å². The SMILES string of the molecule is CC(C)CO[C@@H]1[C@@H](OCC(C)C)[C@H](OP(=O)(O)OCC(=O)O)[C@@H](OP(=O)(O)OCC(=O)O)[C@@H](OP(=O)(O)OCC(=O)O)[C@H]1OCC(C)C. The number of carboxylic acids is 3. The monoisotopic (exact) mass is 762 g/mol. The van der Waals surface area contributed by atoms with Crippen molar-refractivity contribution in [3.05, 3.63) is 0 Å². The second-order valence-electron chi connectivity index (χ2n) is 11.7. The second-order valence-corrected chi connectivity index (χ2v) is 15.9. The molecule has 282 valence electrons. The molecule has 9 atom stereocenters. The lowest BCUT2D eigenvalue weighted by Gasteiger charge is -2.49. The average Bonchev–Trinajstić information content (AvgIpc) is 2.93. The number of ether oxygens (including phenoxy) is 3. The summed E-state index contributed by atoms with van der Waals surface area (Å²) in [5, 5.41) is 26.9. The molecule has 0 amide bonds. The summed E-state index contributed by atoms with van der Waals surface area (Å²) in [6.07, 6.45) is -11.6. The van der Waals surface area contributed by atoms with E-state index in [0.717, 1.165) is 0 Å². The zero-order valence-corrected chi connectivity index (χ0v) is 29.8. The topological polar surface area (TPSA) is 307 Å². The minimum Gasteiger partial charge on any atom is -0.480 e. The first-order chi connectivity index (χ1) is 21.9. The van der Waals surface area contributed by atoms with Gasteiger partial charge in [-0.05, 0) is 17.8 Å². The van der Waals surface area contributed by atoms with E-state index in [9.17, 15) is 42.8 Å². The molecule has 3 unspecified atom stereocenters. The van der Waals surface area contributed by atoms with E-state index in [1.807, 2.05) is 0 Å². The van der Waals surface area contributed by atoms with E-state index < -0.39 is 97.8 Å². The predicted molar refractivity (Wildman–Crippen MR) is 159 cm³/mol. The van der Waals surface area contributed by atoms with Crippen LogP contribution in [0, 0.1) is 17.8 Å². The summed E-state index contributed by atoms with van der Waals surface area (Å²) in [7, 11) is -16.6. The molecule has 48 heavy (non-hydrogen) atoms. The van der Waals surface area contributed by atoms with Crippen molar-refractivity contribution < 1.29 is 99.4 Å². The van der Waals surface area contributed by atoms with Gasteiger partial charge in [0.2, 0.25) is 0 Å². The van der Waals surface area contributed by atoms with Crippen LogP contribution in [-0.4, -0.2) is 124 Å². The van der Waals surface area contributed by atoms with Crippen LogP contribution in [0.1, 0.15) is 41.5 Å². The van der Waals surface area contributed by atoms with Crippen molar-refractivity contribution in [1.29, 1.82) is 0 Å². The van der Waals surface area contributed by atoms with Crippen LogP contribution in [0.5, 0.6) is 0 Å². The van der Waals surface area contributed by atoms with E-state index in [4.69, 9.17) is 43.1 Å². The van der Waals surface area contributed by atoms with Gasteiger partial charge in [0.15, 0.2) is 19.8 Å². The van der Waals surface area contributed by atoms with Gasteiger partial charge in [-0.25, -0.2) is 28.1 Å². The van der Waals surface area contributed by atoms with Gasteiger partial charge in [-0.1, -0.05) is 41.5 Å². The Labute approximate surface area is 276 Å². The van der Waals surface area contributed by atoms with Crippen LogP contribution in [0.2, 0.25) is 0 Å². The number of phosphoric ester groups is 3. The quantitative estimate of drug-likeness (QED) is 0.0765. The van der Waals surface area contributed by atoms with Crippen molar-refractivity contribution in [3.63, 3.8) is 0 Å². The highest BCUT2D eigenvalue weighted by Gasteiger charge is 2.60. The first-order valence-electron chi connectivity index (χ1n) is 14.4. The largest absolute Gasteiger partial charge is 0.480 e. The molecular weight excluding hydrogens is 717 g/mol. The fourth-order valence-corrected chi connectivity index (χ4v) is 6.57. The molecule has 21 nitrogen and oxygen atoms in total. The van der Waals surface area contributed by atoms with Gasteiger partial charge in [0.25, 0.3) is 0 Å². The highest BCUT2D eigenvalue weighted by atomic mass is 31.2. The average molecular weight is 763 g/mol. The van der Waals surface area contributed by atoms with Crippen molar-refractivity contribution in [2.24, 2.45) is 17.8 Å². The maximum absolute atomic E-state index is 13.0. The molecule has 1 aliphatic rings. The molecule has 0 saturated heterocycles. The summed E-state index contributed by atoms with van der Waals surface area (Å²) in [4.78, 5) is 64.7. The highest BCUT2D eigenvalue weighted by molar-refractivity contribution is 7.48. The van der Waals surface area contributed by atoms with Crippen LogP contribution in [0.25, 0.3) is 0 Å². The predicted octanol–water partition coefficient (Wildman–Crippen LogP) is 1.88. The van der Waals surface area contributed by atoms with Gasteiger partial charge in [0.05, 0.1) is 0 Å². The Hall–Kier alpha value is -1.38. The van der Waals surface area contributed by atoms with Gasteiger partial charge in [0, 0.05) is 19.8 Å². The van der Waals surface area contributed by atoms with Crippen molar-refractivity contribution in [2.75, 3.05) is 39.6 Å². The third kappa shape index (κ3) is 17.0. The first-order valence-corrected chi connectivity index (χ1v) is 18.9. The molecule has 1 rings (SSSR count). The van der Waals surface area contributed by atoms with Crippen LogP contribution in [0.4, 0.5) is 0 Å². The molecule has 1 fully saturated rings. The Morgan fingerprint density at radius 2 is 0.688 bits per heavy atom. The molecule has 0 aromatic heterocycles. The minimum atomic E-state index is -5.57. The number of rotatable bonds is 24. The Morgan fingerprint density at radius 1 is 0.479 bits per heavy atom. The molecule has 0 spiro atoms. The number of carboxylic acid groups (broad SMARTS) is 3. The molecule has 6 N–H and O–H groups in total. The fourth-order valence-electron chi connectivity index (χ4n) is 3.92. The van der Waals surface area contributed by atoms with E-state index in [0.29, 0.717) is 0 Å². The molecule has 0 bridgehead atoms. The van der Waals surface area contributed by atoms with Crippen LogP contribution < -0.4 is 0 Å². The standard InChI is InChI=1S/C24H45O21P3/c1-13(2)7-37-19-20(38-8-14(3)4)22(43-46(31,32)40-10-16(25)26)24(45-48(35,36)42-12-18(29)30)23(21(19)39-9-15(5)6)44-47(33,34)41-11-17(27)28/h13-15,19-24H,7-12H2,1-6H3,(H,25,26)(H,27,28)(H,29,30)(H,31,32)(H,33,34)(H,35,36)/t19-,20-,21+,22-,23-,24-/m0/s1.